The highest BCUT2D eigenvalue weighted by Crippen LogP contribution is 2.41. The second-order valence-corrected chi connectivity index (χ2v) is 11.8. The molecule has 22 nitrogen and oxygen atoms in total. The van der Waals surface area contributed by atoms with E-state index in [1.54, 1.807) is 0 Å². The van der Waals surface area contributed by atoms with Crippen molar-refractivity contribution >= 4 is 47.8 Å². The van der Waals surface area contributed by atoms with Gasteiger partial charge < -0.3 is 52.1 Å². The Balaban J connectivity index is 2.19. The van der Waals surface area contributed by atoms with Crippen LogP contribution in [0.5, 0.6) is 0 Å². The molecule has 53 heavy (non-hydrogen) atoms. The highest BCUT2D eigenvalue weighted by molar-refractivity contribution is 5.69. The zero-order chi connectivity index (χ0) is 39.6. The quantitative estimate of drug-likeness (QED) is 0.153. The molecule has 3 rings (SSSR count). The number of carbonyl (C=O) groups is 8. The third-order valence-electron chi connectivity index (χ3n) is 7.16. The van der Waals surface area contributed by atoms with E-state index in [2.05, 4.69) is 10.3 Å². The van der Waals surface area contributed by atoms with E-state index in [4.69, 9.17) is 52.1 Å². The summed E-state index contributed by atoms with van der Waals surface area (Å²) in [4.78, 5) is 97.3. The first-order valence-corrected chi connectivity index (χ1v) is 16.0. The molecule has 1 aromatic heterocycles. The van der Waals surface area contributed by atoms with E-state index >= 15 is 0 Å². The SMILES string of the molecule is CC(=O)OCc1cn(C[C@H]2O[C@@](COC(C)=O)(O[C@H]3O[C@H](COC(C)=O)[C@@H](OC(C)=O)[C@H](OC(C)=O)[C@H]3OC(C)=O)[C@@H](OC(C)=O)[C@@H]2OC(C)=O)nn1. The second-order valence-electron chi connectivity index (χ2n) is 11.8. The van der Waals surface area contributed by atoms with E-state index in [9.17, 15) is 38.4 Å². The second kappa shape index (κ2) is 18.5. The van der Waals surface area contributed by atoms with Crippen LogP contribution in [0.25, 0.3) is 0 Å². The van der Waals surface area contributed by atoms with Crippen LogP contribution in [-0.4, -0.2) is 131 Å². The van der Waals surface area contributed by atoms with Crippen molar-refractivity contribution < 1.29 is 90.5 Å². The minimum atomic E-state index is -2.48. The van der Waals surface area contributed by atoms with Gasteiger partial charge in [-0.3, -0.25) is 38.4 Å². The van der Waals surface area contributed by atoms with Crippen LogP contribution in [0.15, 0.2) is 6.20 Å². The van der Waals surface area contributed by atoms with Gasteiger partial charge in [0.25, 0.3) is 0 Å². The van der Waals surface area contributed by atoms with Crippen LogP contribution >= 0.6 is 0 Å². The Morgan fingerprint density at radius 1 is 0.642 bits per heavy atom. The molecule has 0 unspecified atom stereocenters. The highest BCUT2D eigenvalue weighted by Gasteiger charge is 2.64. The monoisotopic (exact) mass is 759 g/mol. The van der Waals surface area contributed by atoms with Crippen molar-refractivity contribution in [3.63, 3.8) is 0 Å². The predicted molar refractivity (Wildman–Crippen MR) is 164 cm³/mol. The van der Waals surface area contributed by atoms with E-state index in [1.165, 1.54) is 17.8 Å². The summed E-state index contributed by atoms with van der Waals surface area (Å²) >= 11 is 0. The number of aromatic nitrogens is 3. The van der Waals surface area contributed by atoms with Gasteiger partial charge in [-0.05, 0) is 0 Å². The van der Waals surface area contributed by atoms with Crippen molar-refractivity contribution in [1.29, 1.82) is 0 Å². The third-order valence-corrected chi connectivity index (χ3v) is 7.16. The smallest absolute Gasteiger partial charge is 0.303 e. The molecule has 22 heteroatoms. The lowest BCUT2D eigenvalue weighted by Crippen LogP contribution is -2.65. The van der Waals surface area contributed by atoms with E-state index in [1.807, 2.05) is 0 Å². The van der Waals surface area contributed by atoms with Gasteiger partial charge in [0.05, 0.1) is 12.7 Å². The number of hydrogen-bond acceptors (Lipinski definition) is 21. The minimum Gasteiger partial charge on any atom is -0.463 e. The number of rotatable bonds is 15. The first kappa shape index (κ1) is 42.2. The molecular weight excluding hydrogens is 718 g/mol. The van der Waals surface area contributed by atoms with Gasteiger partial charge in [-0.15, -0.1) is 5.10 Å². The van der Waals surface area contributed by atoms with Crippen molar-refractivity contribution in [2.24, 2.45) is 0 Å². The molecule has 2 saturated heterocycles. The molecule has 0 radical (unpaired) electrons. The normalized spacial score (nSPS) is 27.8. The van der Waals surface area contributed by atoms with Crippen LogP contribution in [0.1, 0.15) is 61.1 Å². The van der Waals surface area contributed by atoms with E-state index < -0.39 is 116 Å². The molecule has 9 atom stereocenters. The summed E-state index contributed by atoms with van der Waals surface area (Å²) in [6, 6.07) is 0. The van der Waals surface area contributed by atoms with Crippen molar-refractivity contribution in [1.82, 2.24) is 15.0 Å². The molecule has 2 aliphatic rings. The molecule has 0 saturated carbocycles. The Bertz CT molecular complexity index is 1550. The molecule has 0 aromatic carbocycles. The third kappa shape index (κ3) is 12.2. The molecule has 0 N–H and O–H groups in total. The first-order chi connectivity index (χ1) is 24.8. The lowest BCUT2D eigenvalue weighted by Gasteiger charge is -2.46. The maximum atomic E-state index is 12.6. The Morgan fingerprint density at radius 2 is 1.17 bits per heavy atom. The van der Waals surface area contributed by atoms with Gasteiger partial charge in [-0.2, -0.15) is 0 Å². The summed E-state index contributed by atoms with van der Waals surface area (Å²) in [6.45, 7) is 6.39. The Labute approximate surface area is 301 Å². The summed E-state index contributed by atoms with van der Waals surface area (Å²) in [5.74, 6) is -9.32. The maximum Gasteiger partial charge on any atom is 0.303 e. The summed E-state index contributed by atoms with van der Waals surface area (Å²) in [6.07, 6.45) is -11.7. The molecule has 294 valence electrons. The fourth-order valence-electron chi connectivity index (χ4n) is 5.42. The van der Waals surface area contributed by atoms with Crippen LogP contribution in [0.4, 0.5) is 0 Å². The average molecular weight is 760 g/mol. The van der Waals surface area contributed by atoms with Crippen molar-refractivity contribution in [2.75, 3.05) is 13.2 Å². The molecule has 3 heterocycles. The van der Waals surface area contributed by atoms with Crippen molar-refractivity contribution in [2.45, 2.75) is 123 Å². The van der Waals surface area contributed by atoms with Gasteiger partial charge in [0.15, 0.2) is 30.5 Å². The zero-order valence-corrected chi connectivity index (χ0v) is 30.1. The van der Waals surface area contributed by atoms with Gasteiger partial charge in [-0.1, -0.05) is 5.21 Å². The van der Waals surface area contributed by atoms with Crippen molar-refractivity contribution in [3.05, 3.63) is 11.9 Å². The highest BCUT2D eigenvalue weighted by atomic mass is 16.8. The molecule has 2 aliphatic heterocycles. The standard InChI is InChI=1S/C31H41N3O19/c1-14(35)43-11-22-9-34(33-32-22)10-23-26(47-18(5)39)29(50-21(8)42)31(52-23,13-45-16(3)37)53-30-28(49-20(7)41)27(48-19(6)40)25(46-17(4)38)24(51-30)12-44-15(2)36/h9,23-30H,10-13H2,1-8H3/t23-,24-,25-,26-,27+,28-,29+,30-,31+/m1/s1. The Kier molecular flexibility index (Phi) is 14.7. The molecule has 0 amide bonds. The van der Waals surface area contributed by atoms with Crippen LogP contribution in [0.2, 0.25) is 0 Å². The van der Waals surface area contributed by atoms with E-state index in [0.29, 0.717) is 0 Å². The molecule has 0 aliphatic carbocycles. The summed E-state index contributed by atoms with van der Waals surface area (Å²) in [5.41, 5.74) is 0.221. The molecule has 0 spiro atoms. The summed E-state index contributed by atoms with van der Waals surface area (Å²) < 4.78 is 62.7. The lowest BCUT2D eigenvalue weighted by molar-refractivity contribution is -0.384. The fraction of sp³-hybridized carbons (Fsp3) is 0.677. The van der Waals surface area contributed by atoms with E-state index in [0.717, 1.165) is 48.5 Å². The van der Waals surface area contributed by atoms with Crippen LogP contribution < -0.4 is 0 Å². The van der Waals surface area contributed by atoms with Crippen molar-refractivity contribution in [3.8, 4) is 0 Å². The number of esters is 8. The van der Waals surface area contributed by atoms with Crippen LogP contribution in [0.3, 0.4) is 0 Å². The number of hydrogen-bond donors (Lipinski definition) is 0. The van der Waals surface area contributed by atoms with Gasteiger partial charge in [0.1, 0.15) is 37.7 Å². The lowest BCUT2D eigenvalue weighted by atomic mass is 9.97. The van der Waals surface area contributed by atoms with Crippen LogP contribution in [0, 0.1) is 0 Å². The van der Waals surface area contributed by atoms with Crippen LogP contribution in [-0.2, 0) is 104 Å². The maximum absolute atomic E-state index is 12.6. The van der Waals surface area contributed by atoms with E-state index in [-0.39, 0.29) is 18.8 Å². The molecule has 2 fully saturated rings. The Hall–Kier alpha value is -5.22. The fourth-order valence-corrected chi connectivity index (χ4v) is 5.42. The first-order valence-electron chi connectivity index (χ1n) is 16.0. The molecular formula is C31H41N3O19. The number of ether oxygens (including phenoxy) is 11. The average Bonchev–Trinajstić information content (AvgIpc) is 3.58. The van der Waals surface area contributed by atoms with Gasteiger partial charge >= 0.3 is 47.8 Å². The summed E-state index contributed by atoms with van der Waals surface area (Å²) in [5, 5.41) is 7.87. The minimum absolute atomic E-state index is 0.221. The largest absolute Gasteiger partial charge is 0.463 e. The molecule has 0 bridgehead atoms. The predicted octanol–water partition coefficient (Wildman–Crippen LogP) is -1.04. The number of carbonyl (C=O) groups excluding carboxylic acids is 8. The zero-order valence-electron chi connectivity index (χ0n) is 30.1. The van der Waals surface area contributed by atoms with Gasteiger partial charge in [0, 0.05) is 55.4 Å². The molecule has 1 aromatic rings. The van der Waals surface area contributed by atoms with Gasteiger partial charge in [-0.25, -0.2) is 4.68 Å². The summed E-state index contributed by atoms with van der Waals surface area (Å²) in [7, 11) is 0. The van der Waals surface area contributed by atoms with Gasteiger partial charge in [0.2, 0.25) is 12.1 Å². The Morgan fingerprint density at radius 3 is 1.72 bits per heavy atom. The number of nitrogens with zero attached hydrogens (tertiary/aromatic N) is 3. The topological polar surface area (TPSA) is 269 Å².